The third-order valence-electron chi connectivity index (χ3n) is 10.0. The fourth-order valence-corrected chi connectivity index (χ4v) is 6.78. The van der Waals surface area contributed by atoms with E-state index >= 15 is 0 Å². The smallest absolute Gasteiger partial charge is 0.306 e. The van der Waals surface area contributed by atoms with E-state index in [9.17, 15) is 24.0 Å². The van der Waals surface area contributed by atoms with Crippen molar-refractivity contribution in [2.45, 2.75) is 122 Å². The van der Waals surface area contributed by atoms with Crippen LogP contribution in [0.4, 0.5) is 0 Å². The van der Waals surface area contributed by atoms with Crippen molar-refractivity contribution in [1.82, 2.24) is 20.4 Å². The van der Waals surface area contributed by atoms with Crippen molar-refractivity contribution in [2.75, 3.05) is 33.9 Å². The number of esters is 1. The van der Waals surface area contributed by atoms with Crippen LogP contribution in [-0.2, 0) is 52.8 Å². The van der Waals surface area contributed by atoms with Gasteiger partial charge < -0.3 is 40.4 Å². The quantitative estimate of drug-likeness (QED) is 0.0954. The number of likely N-dealkylation sites (tertiary alicyclic amines) is 1. The van der Waals surface area contributed by atoms with Gasteiger partial charge in [-0.1, -0.05) is 42.5 Å². The Balaban J connectivity index is 1.67. The summed E-state index contributed by atoms with van der Waals surface area (Å²) in [6.07, 6.45) is 4.72. The van der Waals surface area contributed by atoms with Crippen LogP contribution in [0.3, 0.4) is 0 Å². The number of amides is 4. The molecule has 0 radical (unpaired) electrons. The van der Waals surface area contributed by atoms with Gasteiger partial charge in [0.15, 0.2) is 0 Å². The minimum Gasteiger partial charge on any atom is -0.497 e. The van der Waals surface area contributed by atoms with Crippen molar-refractivity contribution in [3.8, 4) is 5.75 Å². The van der Waals surface area contributed by atoms with Crippen molar-refractivity contribution in [2.24, 2.45) is 5.73 Å². The number of nitrogens with zero attached hydrogens (tertiary/aromatic N) is 2. The number of benzene rings is 2. The Bertz CT molecular complexity index is 1620. The lowest BCUT2D eigenvalue weighted by Crippen LogP contribution is -2.61. The number of unbranched alkanes of at least 4 members (excludes halogenated alkanes) is 1. The van der Waals surface area contributed by atoms with Gasteiger partial charge in [0.2, 0.25) is 23.6 Å². The van der Waals surface area contributed by atoms with E-state index in [0.717, 1.165) is 29.5 Å². The molecule has 2 aromatic rings. The molecule has 1 saturated heterocycles. The average molecular weight is 778 g/mol. The van der Waals surface area contributed by atoms with Gasteiger partial charge in [0.05, 0.1) is 32.3 Å². The predicted molar refractivity (Wildman–Crippen MR) is 216 cm³/mol. The predicted octanol–water partition coefficient (Wildman–Crippen LogP) is 4.24. The molecule has 1 heterocycles. The number of nitrogens with two attached hydrogens (primary N) is 1. The monoisotopic (exact) mass is 777 g/mol. The minimum absolute atomic E-state index is 0.0332. The third kappa shape index (κ3) is 13.8. The maximum Gasteiger partial charge on any atom is 0.306 e. The van der Waals surface area contributed by atoms with Crippen LogP contribution in [0, 0.1) is 0 Å². The molecule has 13 heteroatoms. The Morgan fingerprint density at radius 3 is 2.25 bits per heavy atom. The fraction of sp³-hybridized carbons (Fsp3) is 0.558. The highest BCUT2D eigenvalue weighted by atomic mass is 16.5. The van der Waals surface area contributed by atoms with Crippen molar-refractivity contribution in [3.63, 3.8) is 0 Å². The van der Waals surface area contributed by atoms with Crippen LogP contribution in [0.2, 0.25) is 0 Å². The molecule has 0 saturated carbocycles. The van der Waals surface area contributed by atoms with Gasteiger partial charge in [0, 0.05) is 39.0 Å². The van der Waals surface area contributed by atoms with E-state index in [1.54, 1.807) is 42.9 Å². The van der Waals surface area contributed by atoms with E-state index in [0.29, 0.717) is 51.2 Å². The maximum atomic E-state index is 14.3. The molecule has 0 spiro atoms. The summed E-state index contributed by atoms with van der Waals surface area (Å²) in [5.74, 6) is -1.01. The number of methoxy groups -OCH3 is 2. The first-order valence-corrected chi connectivity index (χ1v) is 19.5. The number of rotatable bonds is 21. The Morgan fingerprint density at radius 2 is 1.64 bits per heavy atom. The summed E-state index contributed by atoms with van der Waals surface area (Å²) in [5.41, 5.74) is 7.43. The third-order valence-corrected chi connectivity index (χ3v) is 10.0. The van der Waals surface area contributed by atoms with Crippen LogP contribution in [-0.4, -0.2) is 103 Å². The molecule has 0 bridgehead atoms. The molecule has 0 aromatic heterocycles. The highest BCUT2D eigenvalue weighted by Gasteiger charge is 2.47. The first-order chi connectivity index (χ1) is 26.5. The van der Waals surface area contributed by atoms with E-state index in [1.807, 2.05) is 63.2 Å². The van der Waals surface area contributed by atoms with Crippen molar-refractivity contribution < 1.29 is 38.2 Å². The maximum absolute atomic E-state index is 14.3. The average Bonchev–Trinajstić information content (AvgIpc) is 3.58. The SMILES string of the molecule is C=CCCCN(Cc1ccc(CCNC(=O)[C@]2(C)CCCN2C(=O)[C@H](Cc2ccc(OC)cc2)NC(=O)[C@@H](N)[C@@H](C)OC(C)(C)C)cc1)C(=O)CCC(=O)OC. The van der Waals surface area contributed by atoms with Crippen LogP contribution in [0.15, 0.2) is 61.2 Å². The zero-order chi connectivity index (χ0) is 41.5. The summed E-state index contributed by atoms with van der Waals surface area (Å²) >= 11 is 0. The molecule has 4 amide bonds. The topological polar surface area (TPSA) is 170 Å². The Kier molecular flexibility index (Phi) is 17.5. The highest BCUT2D eigenvalue weighted by molar-refractivity contribution is 5.95. The molecule has 13 nitrogen and oxygen atoms in total. The lowest BCUT2D eigenvalue weighted by atomic mass is 9.95. The molecule has 0 aliphatic carbocycles. The van der Waals surface area contributed by atoms with Crippen molar-refractivity contribution in [3.05, 3.63) is 77.9 Å². The number of ether oxygens (including phenoxy) is 3. The Morgan fingerprint density at radius 1 is 1.00 bits per heavy atom. The molecule has 0 unspecified atom stereocenters. The number of allylic oxidation sites excluding steroid dienone is 1. The van der Waals surface area contributed by atoms with Crippen LogP contribution < -0.4 is 21.1 Å². The van der Waals surface area contributed by atoms with Gasteiger partial charge in [-0.3, -0.25) is 24.0 Å². The lowest BCUT2D eigenvalue weighted by Gasteiger charge is -2.37. The van der Waals surface area contributed by atoms with E-state index < -0.39 is 41.2 Å². The Labute approximate surface area is 332 Å². The van der Waals surface area contributed by atoms with Crippen LogP contribution in [0.1, 0.15) is 89.8 Å². The van der Waals surface area contributed by atoms with E-state index in [2.05, 4.69) is 21.9 Å². The van der Waals surface area contributed by atoms with Gasteiger partial charge in [0.1, 0.15) is 23.4 Å². The fourth-order valence-electron chi connectivity index (χ4n) is 6.78. The molecular formula is C43H63N5O8. The zero-order valence-electron chi connectivity index (χ0n) is 34.4. The van der Waals surface area contributed by atoms with Crippen LogP contribution in [0.5, 0.6) is 5.75 Å². The molecule has 56 heavy (non-hydrogen) atoms. The highest BCUT2D eigenvalue weighted by Crippen LogP contribution is 2.31. The van der Waals surface area contributed by atoms with Crippen molar-refractivity contribution >= 4 is 29.6 Å². The number of nitrogens with one attached hydrogen (secondary N) is 2. The second kappa shape index (κ2) is 21.5. The van der Waals surface area contributed by atoms with Gasteiger partial charge in [-0.15, -0.1) is 6.58 Å². The van der Waals surface area contributed by atoms with E-state index in [4.69, 9.17) is 15.2 Å². The molecule has 1 aliphatic heterocycles. The van der Waals surface area contributed by atoms with Crippen LogP contribution in [0.25, 0.3) is 0 Å². The summed E-state index contributed by atoms with van der Waals surface area (Å²) in [6.45, 7) is 14.6. The van der Waals surface area contributed by atoms with E-state index in [-0.39, 0.29) is 37.0 Å². The number of carbonyl (C=O) groups is 5. The van der Waals surface area contributed by atoms with Gasteiger partial charge >= 0.3 is 5.97 Å². The molecule has 4 atom stereocenters. The molecule has 1 aliphatic rings. The summed E-state index contributed by atoms with van der Waals surface area (Å²) in [4.78, 5) is 69.5. The summed E-state index contributed by atoms with van der Waals surface area (Å²) < 4.78 is 15.9. The van der Waals surface area contributed by atoms with Gasteiger partial charge in [-0.25, -0.2) is 0 Å². The van der Waals surface area contributed by atoms with Crippen molar-refractivity contribution in [1.29, 1.82) is 0 Å². The summed E-state index contributed by atoms with van der Waals surface area (Å²) in [5, 5.41) is 5.93. The van der Waals surface area contributed by atoms with Gasteiger partial charge in [-0.2, -0.15) is 0 Å². The van der Waals surface area contributed by atoms with Gasteiger partial charge in [-0.05, 0) is 95.5 Å². The molecule has 2 aromatic carbocycles. The lowest BCUT2D eigenvalue weighted by molar-refractivity contribution is -0.147. The first-order valence-electron chi connectivity index (χ1n) is 19.5. The van der Waals surface area contributed by atoms with E-state index in [1.165, 1.54) is 7.11 Å². The Hall–Kier alpha value is -4.75. The zero-order valence-corrected chi connectivity index (χ0v) is 34.4. The molecule has 1 fully saturated rings. The largest absolute Gasteiger partial charge is 0.497 e. The molecule has 308 valence electrons. The second-order valence-corrected chi connectivity index (χ2v) is 15.6. The second-order valence-electron chi connectivity index (χ2n) is 15.6. The molecular weight excluding hydrogens is 715 g/mol. The minimum atomic E-state index is -1.12. The number of hydrogen-bond donors (Lipinski definition) is 3. The number of hydrogen-bond acceptors (Lipinski definition) is 9. The normalized spacial score (nSPS) is 17.0. The molecule has 3 rings (SSSR count). The standard InChI is InChI=1S/C43H63N5O8/c1-9-10-11-26-47(36(49)21-22-37(50)55-8)29-33-15-13-31(14-16-33)23-25-45-41(53)43(6)24-12-27-48(43)40(52)35(28-32-17-19-34(54-7)20-18-32)46-39(51)38(44)30(2)56-42(3,4)5/h9,13-20,30,35,38H,1,10-12,21-29,44H2,2-8H3,(H,45,53)(H,46,51)/t30-,35+,38+,43+/m1/s1. The first kappa shape index (κ1) is 45.6. The summed E-state index contributed by atoms with van der Waals surface area (Å²) in [6, 6.07) is 13.1. The van der Waals surface area contributed by atoms with Crippen LogP contribution >= 0.6 is 0 Å². The number of carbonyl (C=O) groups excluding carboxylic acids is 5. The molecule has 4 N–H and O–H groups in total. The summed E-state index contributed by atoms with van der Waals surface area (Å²) in [7, 11) is 2.88. The van der Waals surface area contributed by atoms with Gasteiger partial charge in [0.25, 0.3) is 0 Å².